The molecule has 0 atom stereocenters. The van der Waals surface area contributed by atoms with Gasteiger partial charge in [0.1, 0.15) is 0 Å². The van der Waals surface area contributed by atoms with Gasteiger partial charge >= 0.3 is 0 Å². The van der Waals surface area contributed by atoms with Gasteiger partial charge in [-0.1, -0.05) is 32.9 Å². The topological polar surface area (TPSA) is 82.3 Å². The minimum Gasteiger partial charge on any atom is -0.359 e. The summed E-state index contributed by atoms with van der Waals surface area (Å²) in [4.78, 5) is 23.8. The lowest BCUT2D eigenvalue weighted by molar-refractivity contribution is -0.121. The van der Waals surface area contributed by atoms with Crippen LogP contribution in [0.5, 0.6) is 0 Å². The summed E-state index contributed by atoms with van der Waals surface area (Å²) in [5.74, 6) is -0.450. The summed E-state index contributed by atoms with van der Waals surface area (Å²) in [6.45, 7) is 10.5. The molecule has 0 saturated heterocycles. The number of hydrogen-bond acceptors (Lipinski definition) is 3. The first-order valence-electron chi connectivity index (χ1n) is 8.33. The Labute approximate surface area is 155 Å². The van der Waals surface area contributed by atoms with E-state index >= 15 is 0 Å². The number of carbonyl (C=O) groups is 2. The average molecular weight is 365 g/mol. The minimum absolute atomic E-state index is 0.0467. The number of hydrogen-bond donors (Lipinski definition) is 4. The Hall–Kier alpha value is -2.15. The van der Waals surface area contributed by atoms with Crippen molar-refractivity contribution in [2.45, 2.75) is 52.5 Å². The second-order valence-corrected chi connectivity index (χ2v) is 7.54. The number of nitrogens with one attached hydrogen (secondary N) is 4. The first-order chi connectivity index (χ1) is 11.6. The van der Waals surface area contributed by atoms with Crippen molar-refractivity contribution < 1.29 is 9.59 Å². The van der Waals surface area contributed by atoms with E-state index in [4.69, 9.17) is 12.2 Å². The number of benzene rings is 1. The highest BCUT2D eigenvalue weighted by molar-refractivity contribution is 7.80. The van der Waals surface area contributed by atoms with Crippen LogP contribution in [0.1, 0.15) is 57.0 Å². The fourth-order valence-corrected chi connectivity index (χ4v) is 2.29. The summed E-state index contributed by atoms with van der Waals surface area (Å²) in [6.07, 6.45) is 0.156. The molecular formula is C18H28N4O2S. The lowest BCUT2D eigenvalue weighted by Crippen LogP contribution is -2.49. The fourth-order valence-electron chi connectivity index (χ4n) is 2.00. The SMILES string of the molecule is CC(C)NC(=S)NNC(=O)CCNC(=O)c1ccc(C(C)(C)C)cc1. The Bertz CT molecular complexity index is 606. The van der Waals surface area contributed by atoms with E-state index in [-0.39, 0.29) is 36.2 Å². The van der Waals surface area contributed by atoms with Gasteiger partial charge in [0, 0.05) is 24.6 Å². The molecule has 0 heterocycles. The molecule has 6 nitrogen and oxygen atoms in total. The molecule has 0 radical (unpaired) electrons. The zero-order valence-corrected chi connectivity index (χ0v) is 16.3. The van der Waals surface area contributed by atoms with Gasteiger partial charge in [0.2, 0.25) is 5.91 Å². The quantitative estimate of drug-likeness (QED) is 0.475. The van der Waals surface area contributed by atoms with Crippen LogP contribution in [-0.4, -0.2) is 29.5 Å². The predicted molar refractivity (Wildman–Crippen MR) is 104 cm³/mol. The van der Waals surface area contributed by atoms with Gasteiger partial charge in [0.25, 0.3) is 5.91 Å². The second-order valence-electron chi connectivity index (χ2n) is 7.13. The predicted octanol–water partition coefficient (Wildman–Crippen LogP) is 2.01. The van der Waals surface area contributed by atoms with Crippen LogP contribution in [0.4, 0.5) is 0 Å². The first kappa shape index (κ1) is 20.9. The summed E-state index contributed by atoms with van der Waals surface area (Å²) in [6, 6.07) is 7.68. The molecule has 0 unspecified atom stereocenters. The van der Waals surface area contributed by atoms with Crippen LogP contribution in [0, 0.1) is 0 Å². The molecule has 7 heteroatoms. The fraction of sp³-hybridized carbons (Fsp3) is 0.500. The molecule has 0 fully saturated rings. The molecule has 2 amide bonds. The zero-order valence-electron chi connectivity index (χ0n) is 15.5. The highest BCUT2D eigenvalue weighted by atomic mass is 32.1. The third-order valence-corrected chi connectivity index (χ3v) is 3.61. The molecule has 138 valence electrons. The summed E-state index contributed by atoms with van der Waals surface area (Å²) >= 11 is 5.00. The molecular weight excluding hydrogens is 336 g/mol. The van der Waals surface area contributed by atoms with Gasteiger partial charge in [0.05, 0.1) is 0 Å². The maximum absolute atomic E-state index is 12.1. The van der Waals surface area contributed by atoms with Crippen LogP contribution in [0.25, 0.3) is 0 Å². The molecule has 0 aliphatic heterocycles. The van der Waals surface area contributed by atoms with E-state index < -0.39 is 0 Å². The zero-order chi connectivity index (χ0) is 19.0. The van der Waals surface area contributed by atoms with E-state index in [2.05, 4.69) is 42.3 Å². The number of thiocarbonyl (C=S) groups is 1. The number of carbonyl (C=O) groups excluding carboxylic acids is 2. The summed E-state index contributed by atoms with van der Waals surface area (Å²) < 4.78 is 0. The Morgan fingerprint density at radius 3 is 2.20 bits per heavy atom. The van der Waals surface area contributed by atoms with Crippen molar-refractivity contribution >= 4 is 29.1 Å². The Morgan fingerprint density at radius 1 is 1.08 bits per heavy atom. The van der Waals surface area contributed by atoms with Crippen molar-refractivity contribution in [3.8, 4) is 0 Å². The summed E-state index contributed by atoms with van der Waals surface area (Å²) in [5, 5.41) is 6.03. The third kappa shape index (κ3) is 7.98. The van der Waals surface area contributed by atoms with Crippen LogP contribution in [0.2, 0.25) is 0 Å². The van der Waals surface area contributed by atoms with Crippen molar-refractivity contribution in [2.24, 2.45) is 0 Å². The smallest absolute Gasteiger partial charge is 0.251 e. The lowest BCUT2D eigenvalue weighted by Gasteiger charge is -2.19. The highest BCUT2D eigenvalue weighted by Crippen LogP contribution is 2.22. The van der Waals surface area contributed by atoms with Crippen LogP contribution in [0.3, 0.4) is 0 Å². The molecule has 0 spiro atoms. The van der Waals surface area contributed by atoms with Crippen LogP contribution >= 0.6 is 12.2 Å². The molecule has 0 aliphatic rings. The largest absolute Gasteiger partial charge is 0.359 e. The Kier molecular flexibility index (Phi) is 7.83. The minimum atomic E-state index is -0.253. The summed E-state index contributed by atoms with van der Waals surface area (Å²) in [5.41, 5.74) is 6.88. The molecule has 0 aliphatic carbocycles. The Morgan fingerprint density at radius 2 is 1.68 bits per heavy atom. The van der Waals surface area contributed by atoms with E-state index in [0.29, 0.717) is 10.7 Å². The van der Waals surface area contributed by atoms with Crippen molar-refractivity contribution in [1.29, 1.82) is 0 Å². The third-order valence-electron chi connectivity index (χ3n) is 3.39. The maximum atomic E-state index is 12.1. The molecule has 4 N–H and O–H groups in total. The number of rotatable bonds is 5. The van der Waals surface area contributed by atoms with Crippen molar-refractivity contribution in [3.05, 3.63) is 35.4 Å². The van der Waals surface area contributed by atoms with Gasteiger partial charge in [-0.2, -0.15) is 0 Å². The van der Waals surface area contributed by atoms with Crippen LogP contribution in [0.15, 0.2) is 24.3 Å². The van der Waals surface area contributed by atoms with E-state index in [1.165, 1.54) is 5.56 Å². The van der Waals surface area contributed by atoms with Crippen molar-refractivity contribution in [2.75, 3.05) is 6.54 Å². The van der Waals surface area contributed by atoms with Crippen molar-refractivity contribution in [1.82, 2.24) is 21.5 Å². The normalized spacial score (nSPS) is 11.0. The molecule has 0 aromatic heterocycles. The van der Waals surface area contributed by atoms with Gasteiger partial charge in [-0.15, -0.1) is 0 Å². The van der Waals surface area contributed by atoms with E-state index in [1.54, 1.807) is 12.1 Å². The number of amides is 2. The lowest BCUT2D eigenvalue weighted by atomic mass is 9.87. The van der Waals surface area contributed by atoms with E-state index in [0.717, 1.165) is 0 Å². The van der Waals surface area contributed by atoms with Gasteiger partial charge in [-0.05, 0) is 49.2 Å². The van der Waals surface area contributed by atoms with Crippen LogP contribution < -0.4 is 21.5 Å². The molecule has 1 rings (SSSR count). The number of hydrazine groups is 1. The first-order valence-corrected chi connectivity index (χ1v) is 8.74. The molecule has 0 bridgehead atoms. The van der Waals surface area contributed by atoms with E-state index in [1.807, 2.05) is 26.0 Å². The van der Waals surface area contributed by atoms with Gasteiger partial charge in [0.15, 0.2) is 5.11 Å². The van der Waals surface area contributed by atoms with Gasteiger partial charge in [-0.25, -0.2) is 0 Å². The van der Waals surface area contributed by atoms with E-state index in [9.17, 15) is 9.59 Å². The molecule has 1 aromatic rings. The van der Waals surface area contributed by atoms with Gasteiger partial charge in [-0.3, -0.25) is 20.4 Å². The molecule has 0 saturated carbocycles. The monoisotopic (exact) mass is 364 g/mol. The maximum Gasteiger partial charge on any atom is 0.251 e. The van der Waals surface area contributed by atoms with Gasteiger partial charge < -0.3 is 10.6 Å². The van der Waals surface area contributed by atoms with Crippen molar-refractivity contribution in [3.63, 3.8) is 0 Å². The second kappa shape index (κ2) is 9.36. The molecule has 25 heavy (non-hydrogen) atoms. The standard InChI is InChI=1S/C18H28N4O2S/c1-12(2)20-17(25)22-21-15(23)10-11-19-16(24)13-6-8-14(9-7-13)18(3,4)5/h6-9,12H,10-11H2,1-5H3,(H,19,24)(H,21,23)(H2,20,22,25). The summed E-state index contributed by atoms with van der Waals surface area (Å²) in [7, 11) is 0. The average Bonchev–Trinajstić information content (AvgIpc) is 2.51. The molecule has 1 aromatic carbocycles. The highest BCUT2D eigenvalue weighted by Gasteiger charge is 2.14. The van der Waals surface area contributed by atoms with Crippen LogP contribution in [-0.2, 0) is 10.2 Å². The Balaban J connectivity index is 2.34.